The van der Waals surface area contributed by atoms with E-state index in [0.717, 1.165) is 10.5 Å². The molecule has 464 valence electrons. The number of methoxy groups -OCH3 is 2. The number of aliphatic hydroxyl groups excluding tert-OH is 1. The van der Waals surface area contributed by atoms with Crippen LogP contribution in [0.2, 0.25) is 0 Å². The van der Waals surface area contributed by atoms with Crippen molar-refractivity contribution in [1.82, 2.24) is 35.6 Å². The fourth-order valence-electron chi connectivity index (χ4n) is 11.0. The number of hydrogen-bond acceptors (Lipinski definition) is 14. The molecule has 2 heterocycles. The van der Waals surface area contributed by atoms with Gasteiger partial charge in [0.2, 0.25) is 35.4 Å². The van der Waals surface area contributed by atoms with Gasteiger partial charge in [0.15, 0.2) is 0 Å². The second-order valence-corrected chi connectivity index (χ2v) is 22.9. The summed E-state index contributed by atoms with van der Waals surface area (Å²) in [7, 11) is 6.08. The number of imide groups is 1. The van der Waals surface area contributed by atoms with Crippen LogP contribution in [-0.4, -0.2) is 175 Å². The SMILES string of the molecule is CC[C@H](C)[C@@H]([C@@H](CC(=O)N1CCC[C@H]1[C@H](OC)[C@@H](C)C(=O)C[C@H](C)[C@@H](O)c1ccccc1)OC)N(C)C(=O)CNC(=O)C(C(C)C)N(C)C(=O)OCc1ccc(NC(=O)CNC(=O)C(NC(=O)CCCCCN2C(=O)C=CC2=O)C(C)C)cc1. The Hall–Kier alpha value is -7.04. The summed E-state index contributed by atoms with van der Waals surface area (Å²) < 4.78 is 17.5. The van der Waals surface area contributed by atoms with Gasteiger partial charge < -0.3 is 50.4 Å². The molecule has 2 aliphatic rings. The molecule has 0 aromatic heterocycles. The quantitative estimate of drug-likeness (QED) is 0.0438. The molecule has 2 aromatic rings. The summed E-state index contributed by atoms with van der Waals surface area (Å²) in [5, 5.41) is 21.7. The number of benzene rings is 2. The lowest BCUT2D eigenvalue weighted by atomic mass is 9.85. The number of Topliss-reactive ketones (excluding diaryl/α,β-unsaturated/α-hetero) is 1. The summed E-state index contributed by atoms with van der Waals surface area (Å²) in [6, 6.07) is 12.8. The Kier molecular flexibility index (Phi) is 28.2. The van der Waals surface area contributed by atoms with E-state index in [1.54, 1.807) is 71.0 Å². The Morgan fingerprint density at radius 3 is 1.98 bits per heavy atom. The van der Waals surface area contributed by atoms with Crippen molar-refractivity contribution in [3.63, 3.8) is 0 Å². The van der Waals surface area contributed by atoms with Gasteiger partial charge in [0.1, 0.15) is 24.5 Å². The average molecular weight is 1170 g/mol. The standard InChI is InChI=1S/C62H92N8O14/c1-13-40(6)57(48(82-11)34-53(76)69-32-20-23-46(69)59(83-12)42(8)47(71)33-41(7)58(78)44-21-16-14-17-22-44)67(9)54(77)36-64-61(80)56(39(4)5)68(10)62(81)84-37-43-25-27-45(28-26-43)65-50(73)35-63-60(79)55(38(2)3)66-49(72)24-18-15-19-31-70-51(74)29-30-52(70)75/h14,16-17,21-22,25-30,38-42,46,48,55-59,78H,13,15,18-20,23-24,31-37H2,1-12H3,(H,63,79)(H,64,80)(H,65,73)(H,66,72)/t40-,41-,42-,46-,48+,55?,56?,57-,58+,59+/m0/s1. The molecule has 5 N–H and O–H groups in total. The maximum absolute atomic E-state index is 14.3. The molecule has 2 unspecified atom stereocenters. The van der Waals surface area contributed by atoms with E-state index in [4.69, 9.17) is 14.2 Å². The molecule has 9 amide bonds. The third kappa shape index (κ3) is 20.1. The van der Waals surface area contributed by atoms with Gasteiger partial charge in [-0.2, -0.15) is 0 Å². The lowest BCUT2D eigenvalue weighted by Crippen LogP contribution is -2.55. The minimum atomic E-state index is -1.02. The molecule has 0 spiro atoms. The van der Waals surface area contributed by atoms with Crippen molar-refractivity contribution >= 4 is 64.8 Å². The average Bonchev–Trinajstić information content (AvgIpc) is 4.24. The molecule has 10 atom stereocenters. The van der Waals surface area contributed by atoms with E-state index in [1.807, 2.05) is 58.0 Å². The molecule has 22 nitrogen and oxygen atoms in total. The van der Waals surface area contributed by atoms with Crippen LogP contribution in [0, 0.1) is 29.6 Å². The molecule has 0 bridgehead atoms. The van der Waals surface area contributed by atoms with E-state index in [1.165, 1.54) is 36.1 Å². The van der Waals surface area contributed by atoms with Gasteiger partial charge in [0.25, 0.3) is 11.8 Å². The first-order valence-electron chi connectivity index (χ1n) is 29.4. The van der Waals surface area contributed by atoms with E-state index < -0.39 is 84.5 Å². The number of nitrogens with zero attached hydrogens (tertiary/aromatic N) is 4. The van der Waals surface area contributed by atoms with Crippen LogP contribution >= 0.6 is 0 Å². The molecule has 2 aliphatic heterocycles. The molecule has 0 aliphatic carbocycles. The van der Waals surface area contributed by atoms with Crippen LogP contribution in [0.25, 0.3) is 0 Å². The van der Waals surface area contributed by atoms with Gasteiger partial charge in [-0.15, -0.1) is 0 Å². The van der Waals surface area contributed by atoms with Gasteiger partial charge in [0.05, 0.1) is 49.9 Å². The van der Waals surface area contributed by atoms with Crippen molar-refractivity contribution in [2.24, 2.45) is 29.6 Å². The van der Waals surface area contributed by atoms with Crippen LogP contribution in [0.5, 0.6) is 0 Å². The fraction of sp³-hybridized carbons (Fsp3) is 0.613. The van der Waals surface area contributed by atoms with Crippen molar-refractivity contribution in [3.8, 4) is 0 Å². The van der Waals surface area contributed by atoms with Gasteiger partial charge in [0, 0.05) is 78.0 Å². The Morgan fingerprint density at radius 2 is 1.38 bits per heavy atom. The number of anilines is 1. The molecule has 1 saturated heterocycles. The number of likely N-dealkylation sites (tertiary alicyclic amines) is 1. The van der Waals surface area contributed by atoms with Crippen molar-refractivity contribution in [2.75, 3.05) is 59.8 Å². The fourth-order valence-corrected chi connectivity index (χ4v) is 11.0. The van der Waals surface area contributed by atoms with E-state index in [9.17, 15) is 53.1 Å². The maximum atomic E-state index is 14.3. The summed E-state index contributed by atoms with van der Waals surface area (Å²) in [6.07, 6.45) is 3.37. The van der Waals surface area contributed by atoms with E-state index >= 15 is 0 Å². The highest BCUT2D eigenvalue weighted by Crippen LogP contribution is 2.32. The zero-order chi connectivity index (χ0) is 62.4. The summed E-state index contributed by atoms with van der Waals surface area (Å²) in [6.45, 7) is 14.4. The highest BCUT2D eigenvalue weighted by Gasteiger charge is 2.43. The summed E-state index contributed by atoms with van der Waals surface area (Å²) in [5.41, 5.74) is 1.71. The number of amides is 9. The number of nitrogens with one attached hydrogen (secondary N) is 4. The molecule has 1 fully saturated rings. The number of ketones is 1. The first kappa shape index (κ1) is 69.5. The van der Waals surface area contributed by atoms with Crippen molar-refractivity contribution < 1.29 is 67.3 Å². The molecule has 2 aromatic carbocycles. The van der Waals surface area contributed by atoms with Crippen molar-refractivity contribution in [1.29, 1.82) is 0 Å². The number of hydrogen-bond donors (Lipinski definition) is 5. The highest BCUT2D eigenvalue weighted by molar-refractivity contribution is 6.12. The van der Waals surface area contributed by atoms with Gasteiger partial charge in [-0.05, 0) is 72.6 Å². The summed E-state index contributed by atoms with van der Waals surface area (Å²) in [4.78, 5) is 137. The van der Waals surface area contributed by atoms with E-state index in [-0.39, 0.29) is 92.2 Å². The lowest BCUT2D eigenvalue weighted by Gasteiger charge is -2.39. The Morgan fingerprint density at radius 1 is 0.738 bits per heavy atom. The maximum Gasteiger partial charge on any atom is 0.410 e. The monoisotopic (exact) mass is 1170 g/mol. The Labute approximate surface area is 495 Å². The lowest BCUT2D eigenvalue weighted by molar-refractivity contribution is -0.145. The molecular weight excluding hydrogens is 1080 g/mol. The van der Waals surface area contributed by atoms with Crippen LogP contribution in [0.15, 0.2) is 66.7 Å². The largest absolute Gasteiger partial charge is 0.445 e. The zero-order valence-corrected chi connectivity index (χ0v) is 51.2. The molecule has 84 heavy (non-hydrogen) atoms. The number of ether oxygens (including phenoxy) is 3. The number of rotatable bonds is 34. The number of unbranched alkanes of at least 4 members (excludes halogenated alkanes) is 2. The minimum Gasteiger partial charge on any atom is -0.445 e. The Balaban J connectivity index is 1.24. The third-order valence-electron chi connectivity index (χ3n) is 16.1. The van der Waals surface area contributed by atoms with Gasteiger partial charge in [-0.3, -0.25) is 53.0 Å². The third-order valence-corrected chi connectivity index (χ3v) is 16.1. The number of carbonyl (C=O) groups is 10. The number of aliphatic hydroxyl groups is 1. The molecule has 0 saturated carbocycles. The first-order chi connectivity index (χ1) is 39.8. The van der Waals surface area contributed by atoms with E-state index in [0.29, 0.717) is 56.3 Å². The second-order valence-electron chi connectivity index (χ2n) is 22.9. The number of likely N-dealkylation sites (N-methyl/N-ethyl adjacent to an activating group) is 2. The molecule has 4 rings (SSSR count). The van der Waals surface area contributed by atoms with Gasteiger partial charge >= 0.3 is 6.09 Å². The minimum absolute atomic E-state index is 0.0558. The van der Waals surface area contributed by atoms with Crippen molar-refractivity contribution in [3.05, 3.63) is 77.9 Å². The van der Waals surface area contributed by atoms with Crippen LogP contribution in [0.4, 0.5) is 10.5 Å². The topological polar surface area (TPSA) is 280 Å². The molecular formula is C62H92N8O14. The molecule has 22 heteroatoms. The second kappa shape index (κ2) is 34.1. The predicted molar refractivity (Wildman–Crippen MR) is 315 cm³/mol. The van der Waals surface area contributed by atoms with Crippen LogP contribution < -0.4 is 21.3 Å². The molecule has 0 radical (unpaired) electrons. The predicted octanol–water partition coefficient (Wildman–Crippen LogP) is 5.33. The summed E-state index contributed by atoms with van der Waals surface area (Å²) in [5.74, 6) is -5.10. The highest BCUT2D eigenvalue weighted by atomic mass is 16.6. The summed E-state index contributed by atoms with van der Waals surface area (Å²) >= 11 is 0. The van der Waals surface area contributed by atoms with Crippen LogP contribution in [-0.2, 0) is 64.0 Å². The zero-order valence-electron chi connectivity index (χ0n) is 51.2. The number of carbonyl (C=O) groups excluding carboxylic acids is 10. The van der Waals surface area contributed by atoms with Gasteiger partial charge in [-0.1, -0.05) is 111 Å². The van der Waals surface area contributed by atoms with Crippen LogP contribution in [0.1, 0.15) is 130 Å². The Bertz CT molecular complexity index is 2560. The smallest absolute Gasteiger partial charge is 0.410 e. The normalized spacial score (nSPS) is 17.3. The van der Waals surface area contributed by atoms with E-state index in [2.05, 4.69) is 21.3 Å². The van der Waals surface area contributed by atoms with Crippen molar-refractivity contribution in [2.45, 2.75) is 162 Å². The first-order valence-corrected chi connectivity index (χ1v) is 29.4. The van der Waals surface area contributed by atoms with Gasteiger partial charge in [-0.25, -0.2) is 4.79 Å². The van der Waals surface area contributed by atoms with Crippen LogP contribution in [0.3, 0.4) is 0 Å².